The maximum absolute atomic E-state index is 12.7. The molecule has 0 aromatic heterocycles. The third kappa shape index (κ3) is 7.27. The van der Waals surface area contributed by atoms with Crippen molar-refractivity contribution in [2.24, 2.45) is 11.7 Å². The molecule has 0 aliphatic rings. The summed E-state index contributed by atoms with van der Waals surface area (Å²) in [5.41, 5.74) is 11.9. The van der Waals surface area contributed by atoms with E-state index in [2.05, 4.69) is 74.6 Å². The van der Waals surface area contributed by atoms with Crippen molar-refractivity contribution in [3.05, 3.63) is 95.1 Å². The van der Waals surface area contributed by atoms with Crippen molar-refractivity contribution < 1.29 is 14.7 Å². The number of aryl methyl sites for hydroxylation is 1. The standard InChI is InChI=1S/C30H36N2O3/c1-4-6-21-7-5-8-26(17-21)23-13-15-24(16-14-23)27(20(2)3)19-32-29(33)25-11-9-22(10-12-25)18-28(31)30(34)35/h5,7-17,20,27-28H,4,6,18-19,31H2,1-3H3,(H,32,33)(H,34,35)/t27-,28-/m1/s1. The predicted octanol–water partition coefficient (Wildman–Crippen LogP) is 5.43. The molecule has 5 heteroatoms. The van der Waals surface area contributed by atoms with Crippen LogP contribution in [0.1, 0.15) is 60.2 Å². The van der Waals surface area contributed by atoms with E-state index in [1.165, 1.54) is 22.3 Å². The molecule has 0 unspecified atom stereocenters. The van der Waals surface area contributed by atoms with Crippen LogP contribution in [0.25, 0.3) is 11.1 Å². The molecule has 0 heterocycles. The van der Waals surface area contributed by atoms with Crippen molar-refractivity contribution in [1.29, 1.82) is 0 Å². The van der Waals surface area contributed by atoms with E-state index in [9.17, 15) is 9.59 Å². The van der Waals surface area contributed by atoms with E-state index in [4.69, 9.17) is 10.8 Å². The first-order valence-corrected chi connectivity index (χ1v) is 12.3. The first-order valence-electron chi connectivity index (χ1n) is 12.3. The van der Waals surface area contributed by atoms with Gasteiger partial charge in [-0.05, 0) is 58.7 Å². The van der Waals surface area contributed by atoms with E-state index in [1.54, 1.807) is 24.3 Å². The van der Waals surface area contributed by atoms with Crippen molar-refractivity contribution in [3.8, 4) is 11.1 Å². The Kier molecular flexibility index (Phi) is 9.21. The van der Waals surface area contributed by atoms with Gasteiger partial charge in [0.2, 0.25) is 0 Å². The van der Waals surface area contributed by atoms with Crippen LogP contribution in [-0.4, -0.2) is 29.6 Å². The summed E-state index contributed by atoms with van der Waals surface area (Å²) in [4.78, 5) is 23.7. The van der Waals surface area contributed by atoms with E-state index in [-0.39, 0.29) is 18.2 Å². The monoisotopic (exact) mass is 472 g/mol. The summed E-state index contributed by atoms with van der Waals surface area (Å²) >= 11 is 0. The third-order valence-electron chi connectivity index (χ3n) is 6.41. The normalized spacial score (nSPS) is 12.8. The maximum Gasteiger partial charge on any atom is 0.320 e. The van der Waals surface area contributed by atoms with Crippen molar-refractivity contribution in [2.75, 3.05) is 6.54 Å². The second kappa shape index (κ2) is 12.3. The smallest absolute Gasteiger partial charge is 0.320 e. The van der Waals surface area contributed by atoms with Crippen LogP contribution in [0.4, 0.5) is 0 Å². The molecule has 0 aliphatic heterocycles. The molecule has 3 rings (SSSR count). The highest BCUT2D eigenvalue weighted by Gasteiger charge is 2.18. The molecular formula is C30H36N2O3. The molecule has 0 spiro atoms. The predicted molar refractivity (Wildman–Crippen MR) is 142 cm³/mol. The number of carboxylic acid groups (broad SMARTS) is 1. The minimum atomic E-state index is -1.04. The Morgan fingerprint density at radius 1 is 0.914 bits per heavy atom. The number of hydrogen-bond acceptors (Lipinski definition) is 3. The third-order valence-corrected chi connectivity index (χ3v) is 6.41. The van der Waals surface area contributed by atoms with E-state index in [0.29, 0.717) is 18.0 Å². The second-order valence-electron chi connectivity index (χ2n) is 9.48. The van der Waals surface area contributed by atoms with Gasteiger partial charge in [-0.1, -0.05) is 87.9 Å². The SMILES string of the molecule is CCCc1cccc(-c2ccc([C@H](CNC(=O)c3ccc(C[C@@H](N)C(=O)O)cc3)C(C)C)cc2)c1. The number of nitrogens with one attached hydrogen (secondary N) is 1. The molecule has 2 atom stereocenters. The first-order chi connectivity index (χ1) is 16.8. The van der Waals surface area contributed by atoms with Gasteiger partial charge in [-0.3, -0.25) is 9.59 Å². The Bertz CT molecular complexity index is 1120. The molecular weight excluding hydrogens is 436 g/mol. The Hall–Kier alpha value is -3.44. The summed E-state index contributed by atoms with van der Waals surface area (Å²) in [6, 6.07) is 23.4. The molecule has 3 aromatic rings. The molecule has 35 heavy (non-hydrogen) atoms. The number of benzene rings is 3. The summed E-state index contributed by atoms with van der Waals surface area (Å²) in [5.74, 6) is -0.639. The van der Waals surface area contributed by atoms with Gasteiger partial charge >= 0.3 is 5.97 Å². The molecule has 0 fully saturated rings. The van der Waals surface area contributed by atoms with Gasteiger partial charge in [0.25, 0.3) is 5.91 Å². The lowest BCUT2D eigenvalue weighted by Crippen LogP contribution is -2.32. The van der Waals surface area contributed by atoms with Crippen molar-refractivity contribution in [3.63, 3.8) is 0 Å². The molecule has 0 aliphatic carbocycles. The van der Waals surface area contributed by atoms with E-state index in [1.807, 2.05) is 0 Å². The van der Waals surface area contributed by atoms with Crippen LogP contribution in [0, 0.1) is 5.92 Å². The fourth-order valence-corrected chi connectivity index (χ4v) is 4.29. The maximum atomic E-state index is 12.7. The lowest BCUT2D eigenvalue weighted by molar-refractivity contribution is -0.138. The molecule has 0 bridgehead atoms. The Morgan fingerprint density at radius 2 is 1.60 bits per heavy atom. The Morgan fingerprint density at radius 3 is 2.20 bits per heavy atom. The number of rotatable bonds is 11. The minimum Gasteiger partial charge on any atom is -0.480 e. The van der Waals surface area contributed by atoms with Crippen LogP contribution < -0.4 is 11.1 Å². The molecule has 3 aromatic carbocycles. The van der Waals surface area contributed by atoms with Gasteiger partial charge in [0.1, 0.15) is 6.04 Å². The lowest BCUT2D eigenvalue weighted by Gasteiger charge is -2.22. The number of hydrogen-bond donors (Lipinski definition) is 3. The van der Waals surface area contributed by atoms with Crippen molar-refractivity contribution in [2.45, 2.75) is 52.0 Å². The van der Waals surface area contributed by atoms with Gasteiger partial charge < -0.3 is 16.2 Å². The van der Waals surface area contributed by atoms with Crippen molar-refractivity contribution in [1.82, 2.24) is 5.32 Å². The summed E-state index contributed by atoms with van der Waals surface area (Å²) in [6.07, 6.45) is 2.44. The van der Waals surface area contributed by atoms with Crippen LogP contribution in [0.15, 0.2) is 72.8 Å². The summed E-state index contributed by atoms with van der Waals surface area (Å²) in [5, 5.41) is 12.0. The van der Waals surface area contributed by atoms with Crippen LogP contribution in [0.3, 0.4) is 0 Å². The second-order valence-corrected chi connectivity index (χ2v) is 9.48. The first kappa shape index (κ1) is 26.2. The molecule has 0 saturated carbocycles. The lowest BCUT2D eigenvalue weighted by atomic mass is 9.87. The summed E-state index contributed by atoms with van der Waals surface area (Å²) < 4.78 is 0. The number of carboxylic acids is 1. The zero-order chi connectivity index (χ0) is 25.4. The number of amides is 1. The Balaban J connectivity index is 1.64. The topological polar surface area (TPSA) is 92.4 Å². The van der Waals surface area contributed by atoms with Gasteiger partial charge in [-0.15, -0.1) is 0 Å². The molecule has 184 valence electrons. The zero-order valence-electron chi connectivity index (χ0n) is 20.8. The van der Waals surface area contributed by atoms with Crippen LogP contribution >= 0.6 is 0 Å². The number of carbonyl (C=O) groups is 2. The fourth-order valence-electron chi connectivity index (χ4n) is 4.29. The van der Waals surface area contributed by atoms with Gasteiger partial charge in [0.05, 0.1) is 0 Å². The Labute approximate surface area is 208 Å². The van der Waals surface area contributed by atoms with Gasteiger partial charge in [0.15, 0.2) is 0 Å². The quantitative estimate of drug-likeness (QED) is 0.347. The van der Waals surface area contributed by atoms with Gasteiger partial charge in [0, 0.05) is 18.0 Å². The zero-order valence-corrected chi connectivity index (χ0v) is 20.8. The molecule has 5 nitrogen and oxygen atoms in total. The summed E-state index contributed by atoms with van der Waals surface area (Å²) in [6.45, 7) is 7.06. The fraction of sp³-hybridized carbons (Fsp3) is 0.333. The van der Waals surface area contributed by atoms with E-state index in [0.717, 1.165) is 18.4 Å². The molecule has 1 amide bonds. The number of nitrogens with two attached hydrogens (primary N) is 1. The minimum absolute atomic E-state index is 0.144. The number of aliphatic carboxylic acids is 1. The van der Waals surface area contributed by atoms with Crippen LogP contribution in [0.5, 0.6) is 0 Å². The number of carbonyl (C=O) groups excluding carboxylic acids is 1. The van der Waals surface area contributed by atoms with Gasteiger partial charge in [-0.25, -0.2) is 0 Å². The van der Waals surface area contributed by atoms with Crippen LogP contribution in [0.2, 0.25) is 0 Å². The van der Waals surface area contributed by atoms with Crippen LogP contribution in [-0.2, 0) is 17.6 Å². The molecule has 0 radical (unpaired) electrons. The highest BCUT2D eigenvalue weighted by atomic mass is 16.4. The summed E-state index contributed by atoms with van der Waals surface area (Å²) in [7, 11) is 0. The highest BCUT2D eigenvalue weighted by Crippen LogP contribution is 2.28. The largest absolute Gasteiger partial charge is 0.480 e. The molecule has 4 N–H and O–H groups in total. The van der Waals surface area contributed by atoms with E-state index < -0.39 is 12.0 Å². The molecule has 0 saturated heterocycles. The average molecular weight is 473 g/mol. The average Bonchev–Trinajstić information content (AvgIpc) is 2.85. The van der Waals surface area contributed by atoms with Gasteiger partial charge in [-0.2, -0.15) is 0 Å². The van der Waals surface area contributed by atoms with Crippen molar-refractivity contribution >= 4 is 11.9 Å². The highest BCUT2D eigenvalue weighted by molar-refractivity contribution is 5.94. The van der Waals surface area contributed by atoms with E-state index >= 15 is 0 Å².